The van der Waals surface area contributed by atoms with Crippen molar-refractivity contribution in [3.8, 4) is 11.1 Å². The van der Waals surface area contributed by atoms with Gasteiger partial charge < -0.3 is 29.6 Å². The van der Waals surface area contributed by atoms with E-state index in [1.807, 2.05) is 24.5 Å². The molecule has 180 valence electrons. The molecule has 1 atom stereocenters. The number of aromatic amines is 1. The number of carboxylic acid groups (broad SMARTS) is 1. The van der Waals surface area contributed by atoms with Gasteiger partial charge >= 0.3 is 6.09 Å². The van der Waals surface area contributed by atoms with Crippen LogP contribution >= 0.6 is 11.6 Å². The number of nitrogens with zero attached hydrogens (tertiary/aromatic N) is 3. The molecule has 4 aromatic rings. The highest BCUT2D eigenvalue weighted by Crippen LogP contribution is 2.30. The first-order valence-corrected chi connectivity index (χ1v) is 11.6. The second-order valence-corrected chi connectivity index (χ2v) is 8.75. The topological polar surface area (TPSA) is 112 Å². The lowest BCUT2D eigenvalue weighted by Crippen LogP contribution is -2.36. The molecular weight excluding hydrogens is 470 g/mol. The van der Waals surface area contributed by atoms with E-state index >= 15 is 0 Å². The Morgan fingerprint density at radius 3 is 2.80 bits per heavy atom. The smallest absolute Gasteiger partial charge is 0.404 e. The predicted molar refractivity (Wildman–Crippen MR) is 134 cm³/mol. The van der Waals surface area contributed by atoms with Crippen LogP contribution in [-0.2, 0) is 4.74 Å². The highest BCUT2D eigenvalue weighted by Gasteiger charge is 2.19. The number of benzene rings is 1. The Kier molecular flexibility index (Phi) is 6.43. The van der Waals surface area contributed by atoms with Gasteiger partial charge in [0.25, 0.3) is 5.56 Å². The van der Waals surface area contributed by atoms with Crippen molar-refractivity contribution >= 4 is 34.4 Å². The van der Waals surface area contributed by atoms with E-state index in [2.05, 4.69) is 26.3 Å². The third kappa shape index (κ3) is 4.87. The van der Waals surface area contributed by atoms with Crippen molar-refractivity contribution < 1.29 is 14.6 Å². The molecule has 0 radical (unpaired) electrons. The quantitative estimate of drug-likeness (QED) is 0.377. The Labute approximate surface area is 205 Å². The number of aromatic nitrogens is 3. The number of hydrogen-bond acceptors (Lipinski definition) is 5. The van der Waals surface area contributed by atoms with Gasteiger partial charge in [-0.1, -0.05) is 23.7 Å². The molecule has 1 aromatic carbocycles. The maximum absolute atomic E-state index is 13.2. The first kappa shape index (κ1) is 22.9. The van der Waals surface area contributed by atoms with E-state index in [1.54, 1.807) is 30.5 Å². The minimum Gasteiger partial charge on any atom is -0.465 e. The van der Waals surface area contributed by atoms with Gasteiger partial charge in [0.15, 0.2) is 0 Å². The minimum atomic E-state index is -1.16. The summed E-state index contributed by atoms with van der Waals surface area (Å²) in [4.78, 5) is 34.4. The fourth-order valence-electron chi connectivity index (χ4n) is 4.42. The van der Waals surface area contributed by atoms with Gasteiger partial charge in [0.1, 0.15) is 5.65 Å². The van der Waals surface area contributed by atoms with E-state index in [9.17, 15) is 9.59 Å². The van der Waals surface area contributed by atoms with Crippen molar-refractivity contribution in [2.45, 2.75) is 6.04 Å². The molecule has 35 heavy (non-hydrogen) atoms. The molecule has 1 amide bonds. The number of amides is 1. The first-order chi connectivity index (χ1) is 17.0. The molecule has 9 nitrogen and oxygen atoms in total. The molecule has 1 fully saturated rings. The van der Waals surface area contributed by atoms with E-state index in [0.717, 1.165) is 46.5 Å². The Morgan fingerprint density at radius 1 is 1.23 bits per heavy atom. The number of rotatable bonds is 6. The number of H-pyrrole nitrogens is 1. The van der Waals surface area contributed by atoms with E-state index in [4.69, 9.17) is 21.4 Å². The van der Waals surface area contributed by atoms with Crippen LogP contribution in [0.4, 0.5) is 10.5 Å². The van der Waals surface area contributed by atoms with Crippen molar-refractivity contribution in [1.29, 1.82) is 0 Å². The number of ether oxygens (including phenoxy) is 1. The summed E-state index contributed by atoms with van der Waals surface area (Å²) in [5.74, 6) is 0. The Balaban J connectivity index is 1.51. The van der Waals surface area contributed by atoms with Gasteiger partial charge in [-0.2, -0.15) is 0 Å². The van der Waals surface area contributed by atoms with Gasteiger partial charge in [0.05, 0.1) is 31.1 Å². The minimum absolute atomic E-state index is 0.0227. The third-order valence-electron chi connectivity index (χ3n) is 6.17. The summed E-state index contributed by atoms with van der Waals surface area (Å²) in [6, 6.07) is 12.0. The van der Waals surface area contributed by atoms with Gasteiger partial charge in [-0.15, -0.1) is 0 Å². The Hall–Kier alpha value is -3.82. The van der Waals surface area contributed by atoms with Crippen molar-refractivity contribution in [1.82, 2.24) is 19.9 Å². The van der Waals surface area contributed by atoms with Crippen LogP contribution < -0.4 is 15.8 Å². The molecule has 1 aliphatic rings. The number of carbonyl (C=O) groups is 1. The molecule has 1 aliphatic heterocycles. The average Bonchev–Trinajstić information content (AvgIpc) is 3.29. The maximum Gasteiger partial charge on any atom is 0.404 e. The van der Waals surface area contributed by atoms with Crippen LogP contribution in [0.25, 0.3) is 22.2 Å². The number of morpholine rings is 1. The largest absolute Gasteiger partial charge is 0.465 e. The van der Waals surface area contributed by atoms with Crippen molar-refractivity contribution in [2.24, 2.45) is 0 Å². The monoisotopic (exact) mass is 493 g/mol. The standard InChI is InChI=1S/C25H24ClN5O4/c26-18-3-1-2-17(10-18)22(15-29-25(33)34)31-5-4-16(11-23(31)32)21-14-28-24-20(21)12-19(13-27-24)30-6-8-35-9-7-30/h1-5,10-14,22,29H,6-9,15H2,(H,27,28)(H,33,34). The number of nitrogens with one attached hydrogen (secondary N) is 2. The summed E-state index contributed by atoms with van der Waals surface area (Å²) >= 11 is 6.15. The van der Waals surface area contributed by atoms with Crippen LogP contribution in [-0.4, -0.2) is 58.6 Å². The van der Waals surface area contributed by atoms with Crippen LogP contribution in [0.3, 0.4) is 0 Å². The van der Waals surface area contributed by atoms with E-state index in [1.165, 1.54) is 4.57 Å². The Morgan fingerprint density at radius 2 is 2.06 bits per heavy atom. The molecule has 0 spiro atoms. The number of anilines is 1. The summed E-state index contributed by atoms with van der Waals surface area (Å²) in [6.07, 6.45) is 4.21. The van der Waals surface area contributed by atoms with Gasteiger partial charge in [-0.3, -0.25) is 4.79 Å². The van der Waals surface area contributed by atoms with Crippen LogP contribution in [0.1, 0.15) is 11.6 Å². The van der Waals surface area contributed by atoms with Crippen molar-refractivity contribution in [3.63, 3.8) is 0 Å². The Bertz CT molecular complexity index is 1430. The van der Waals surface area contributed by atoms with Gasteiger partial charge in [-0.05, 0) is 35.4 Å². The predicted octanol–water partition coefficient (Wildman–Crippen LogP) is 3.74. The van der Waals surface area contributed by atoms with Crippen LogP contribution in [0.5, 0.6) is 0 Å². The lowest BCUT2D eigenvalue weighted by Gasteiger charge is -2.28. The molecule has 1 unspecified atom stereocenters. The molecule has 0 saturated carbocycles. The second-order valence-electron chi connectivity index (χ2n) is 8.31. The van der Waals surface area contributed by atoms with Crippen molar-refractivity contribution in [2.75, 3.05) is 37.7 Å². The zero-order valence-electron chi connectivity index (χ0n) is 18.8. The summed E-state index contributed by atoms with van der Waals surface area (Å²) in [7, 11) is 0. The van der Waals surface area contributed by atoms with Crippen LogP contribution in [0.2, 0.25) is 5.02 Å². The first-order valence-electron chi connectivity index (χ1n) is 11.2. The fourth-order valence-corrected chi connectivity index (χ4v) is 4.61. The van der Waals surface area contributed by atoms with Crippen molar-refractivity contribution in [3.05, 3.63) is 82.0 Å². The highest BCUT2D eigenvalue weighted by molar-refractivity contribution is 6.30. The molecule has 0 aliphatic carbocycles. The van der Waals surface area contributed by atoms with Gasteiger partial charge in [-0.25, -0.2) is 9.78 Å². The maximum atomic E-state index is 13.2. The van der Waals surface area contributed by atoms with Crippen LogP contribution in [0, 0.1) is 0 Å². The van der Waals surface area contributed by atoms with Gasteiger partial charge in [0.2, 0.25) is 0 Å². The summed E-state index contributed by atoms with van der Waals surface area (Å²) in [6.45, 7) is 2.99. The molecule has 4 heterocycles. The molecule has 10 heteroatoms. The molecule has 3 N–H and O–H groups in total. The molecule has 5 rings (SSSR count). The van der Waals surface area contributed by atoms with Crippen LogP contribution in [0.15, 0.2) is 65.8 Å². The molecule has 0 bridgehead atoms. The fraction of sp³-hybridized carbons (Fsp3) is 0.240. The van der Waals surface area contributed by atoms with E-state index in [-0.39, 0.29) is 12.1 Å². The molecule has 3 aromatic heterocycles. The lowest BCUT2D eigenvalue weighted by atomic mass is 10.0. The lowest BCUT2D eigenvalue weighted by molar-refractivity contribution is 0.122. The summed E-state index contributed by atoms with van der Waals surface area (Å²) in [5, 5.41) is 12.9. The average molecular weight is 494 g/mol. The second kappa shape index (κ2) is 9.81. The third-order valence-corrected chi connectivity index (χ3v) is 6.40. The van der Waals surface area contributed by atoms with E-state index < -0.39 is 12.1 Å². The number of hydrogen-bond donors (Lipinski definition) is 3. The SMILES string of the molecule is O=C(O)NCC(c1cccc(Cl)c1)n1ccc(-c2c[nH]c3ncc(N4CCOCC4)cc23)cc1=O. The van der Waals surface area contributed by atoms with Gasteiger partial charge in [0, 0.05) is 54.1 Å². The summed E-state index contributed by atoms with van der Waals surface area (Å²) < 4.78 is 6.96. The zero-order valence-corrected chi connectivity index (χ0v) is 19.5. The molecular formula is C25H24ClN5O4. The molecule has 1 saturated heterocycles. The number of halogens is 1. The highest BCUT2D eigenvalue weighted by atomic mass is 35.5. The number of fused-ring (bicyclic) bond motifs is 1. The normalized spacial score (nSPS) is 14.7. The number of pyridine rings is 2. The summed E-state index contributed by atoms with van der Waals surface area (Å²) in [5.41, 5.74) is 3.84. The zero-order chi connectivity index (χ0) is 24.4. The van der Waals surface area contributed by atoms with E-state index in [0.29, 0.717) is 18.2 Å².